The third-order valence-electron chi connectivity index (χ3n) is 2.68. The molecule has 0 aliphatic carbocycles. The Morgan fingerprint density at radius 1 is 1.30 bits per heavy atom. The van der Waals surface area contributed by atoms with Crippen molar-refractivity contribution in [3.63, 3.8) is 0 Å². The highest BCUT2D eigenvalue weighted by Crippen LogP contribution is 2.25. The maximum atomic E-state index is 12.1. The van der Waals surface area contributed by atoms with Crippen molar-refractivity contribution in [2.75, 3.05) is 20.1 Å². The largest absolute Gasteiger partial charge is 0.318 e. The average Bonchev–Trinajstić information content (AvgIpc) is 2.86. The molecule has 20 heavy (non-hydrogen) atoms. The fourth-order valence-electron chi connectivity index (χ4n) is 1.68. The highest BCUT2D eigenvalue weighted by molar-refractivity contribution is 7.89. The second-order valence-corrected chi connectivity index (χ2v) is 6.95. The van der Waals surface area contributed by atoms with E-state index in [4.69, 9.17) is 0 Å². The Balaban J connectivity index is 2.25. The van der Waals surface area contributed by atoms with Gasteiger partial charge in [0.2, 0.25) is 10.0 Å². The lowest BCUT2D eigenvalue weighted by Crippen LogP contribution is -2.30. The molecule has 0 atom stereocenters. The number of nitrogens with one attached hydrogen (secondary N) is 2. The molecule has 1 heterocycles. The van der Waals surface area contributed by atoms with E-state index in [0.29, 0.717) is 13.1 Å². The van der Waals surface area contributed by atoms with E-state index in [0.717, 1.165) is 16.3 Å². The summed E-state index contributed by atoms with van der Waals surface area (Å²) >= 11 is 1.51. The van der Waals surface area contributed by atoms with Crippen LogP contribution in [0.5, 0.6) is 0 Å². The molecule has 0 bridgehead atoms. The van der Waals surface area contributed by atoms with Crippen molar-refractivity contribution in [2.45, 2.75) is 11.8 Å². The van der Waals surface area contributed by atoms with Gasteiger partial charge in [0.05, 0.1) is 4.90 Å². The number of thiazole rings is 1. The van der Waals surface area contributed by atoms with Gasteiger partial charge in [-0.2, -0.15) is 0 Å². The monoisotopic (exact) mass is 311 g/mol. The second-order valence-electron chi connectivity index (χ2n) is 4.32. The van der Waals surface area contributed by atoms with Crippen LogP contribution in [0.15, 0.2) is 34.5 Å². The summed E-state index contributed by atoms with van der Waals surface area (Å²) in [6.45, 7) is 2.86. The Morgan fingerprint density at radius 3 is 2.75 bits per heavy atom. The molecule has 0 amide bonds. The van der Waals surface area contributed by atoms with Crippen molar-refractivity contribution < 1.29 is 8.42 Å². The molecule has 1 aromatic carbocycles. The normalized spacial score (nSPS) is 11.7. The summed E-state index contributed by atoms with van der Waals surface area (Å²) in [4.78, 5) is 4.64. The van der Waals surface area contributed by atoms with Crippen molar-refractivity contribution in [1.29, 1.82) is 0 Å². The number of aromatic nitrogens is 1. The van der Waals surface area contributed by atoms with E-state index in [9.17, 15) is 8.42 Å². The summed E-state index contributed by atoms with van der Waals surface area (Å²) in [5, 5.41) is 5.67. The van der Waals surface area contributed by atoms with Gasteiger partial charge in [0.25, 0.3) is 0 Å². The Hall–Kier alpha value is -1.28. The molecule has 0 fully saturated rings. The number of sulfonamides is 1. The number of benzene rings is 1. The molecule has 0 aliphatic heterocycles. The zero-order chi connectivity index (χ0) is 14.6. The van der Waals surface area contributed by atoms with Gasteiger partial charge in [-0.05, 0) is 26.1 Å². The Morgan fingerprint density at radius 2 is 2.10 bits per heavy atom. The Kier molecular flexibility index (Phi) is 4.87. The van der Waals surface area contributed by atoms with Crippen molar-refractivity contribution in [3.05, 3.63) is 35.3 Å². The first kappa shape index (κ1) is 15.1. The van der Waals surface area contributed by atoms with Gasteiger partial charge in [-0.25, -0.2) is 18.1 Å². The molecular weight excluding hydrogens is 294 g/mol. The van der Waals surface area contributed by atoms with Crippen LogP contribution in [0.4, 0.5) is 0 Å². The molecule has 0 saturated carbocycles. The van der Waals surface area contributed by atoms with Crippen LogP contribution < -0.4 is 10.0 Å². The predicted molar refractivity (Wildman–Crippen MR) is 81.4 cm³/mol. The van der Waals surface area contributed by atoms with Crippen LogP contribution in [0.25, 0.3) is 10.6 Å². The minimum absolute atomic E-state index is 0.263. The Labute approximate surface area is 123 Å². The van der Waals surface area contributed by atoms with Crippen molar-refractivity contribution in [3.8, 4) is 10.6 Å². The maximum absolute atomic E-state index is 12.1. The fraction of sp³-hybridized carbons (Fsp3) is 0.308. The van der Waals surface area contributed by atoms with Gasteiger partial charge < -0.3 is 5.32 Å². The molecule has 1 aromatic heterocycles. The zero-order valence-corrected chi connectivity index (χ0v) is 13.0. The van der Waals surface area contributed by atoms with Crippen LogP contribution in [0.1, 0.15) is 5.69 Å². The zero-order valence-electron chi connectivity index (χ0n) is 11.4. The molecule has 108 valence electrons. The van der Waals surface area contributed by atoms with Gasteiger partial charge in [0, 0.05) is 29.7 Å². The number of rotatable bonds is 6. The van der Waals surface area contributed by atoms with E-state index in [2.05, 4.69) is 15.0 Å². The summed E-state index contributed by atoms with van der Waals surface area (Å²) in [5.74, 6) is 0. The fourth-order valence-corrected chi connectivity index (χ4v) is 3.55. The van der Waals surface area contributed by atoms with Crippen LogP contribution >= 0.6 is 11.3 Å². The van der Waals surface area contributed by atoms with Crippen molar-refractivity contribution >= 4 is 21.4 Å². The highest BCUT2D eigenvalue weighted by Gasteiger charge is 2.14. The van der Waals surface area contributed by atoms with Crippen LogP contribution in [0.2, 0.25) is 0 Å². The van der Waals surface area contributed by atoms with Gasteiger partial charge in [0.15, 0.2) is 0 Å². The van der Waals surface area contributed by atoms with E-state index in [-0.39, 0.29) is 4.90 Å². The first-order chi connectivity index (χ1) is 9.53. The predicted octanol–water partition coefficient (Wildman–Crippen LogP) is 1.62. The first-order valence-electron chi connectivity index (χ1n) is 6.20. The molecule has 7 heteroatoms. The number of likely N-dealkylation sites (N-methyl/N-ethyl adjacent to an activating group) is 1. The Bertz CT molecular complexity index is 680. The molecule has 0 saturated heterocycles. The number of hydrogen-bond donors (Lipinski definition) is 2. The standard InChI is InChI=1S/C13H17N3O2S2/c1-10-9-19-13(16-10)11-4-3-5-12(8-11)20(17,18)15-7-6-14-2/h3-5,8-9,14-15H,6-7H2,1-2H3. The van der Waals surface area contributed by atoms with E-state index in [1.807, 2.05) is 18.4 Å². The van der Waals surface area contributed by atoms with E-state index >= 15 is 0 Å². The smallest absolute Gasteiger partial charge is 0.240 e. The third kappa shape index (κ3) is 3.63. The van der Waals surface area contributed by atoms with Crippen LogP contribution in [0, 0.1) is 6.92 Å². The highest BCUT2D eigenvalue weighted by atomic mass is 32.2. The van der Waals surface area contributed by atoms with Gasteiger partial charge in [-0.15, -0.1) is 11.3 Å². The van der Waals surface area contributed by atoms with Crippen LogP contribution in [-0.2, 0) is 10.0 Å². The van der Waals surface area contributed by atoms with E-state index in [1.54, 1.807) is 25.2 Å². The van der Waals surface area contributed by atoms with Gasteiger partial charge >= 0.3 is 0 Å². The molecule has 0 spiro atoms. The van der Waals surface area contributed by atoms with Gasteiger partial charge in [-0.3, -0.25) is 0 Å². The van der Waals surface area contributed by atoms with Crippen LogP contribution in [-0.4, -0.2) is 33.5 Å². The number of hydrogen-bond acceptors (Lipinski definition) is 5. The SMILES string of the molecule is CNCCNS(=O)(=O)c1cccc(-c2nc(C)cs2)c1. The molecule has 0 aliphatic rings. The van der Waals surface area contributed by atoms with Gasteiger partial charge in [0.1, 0.15) is 5.01 Å². The van der Waals surface area contributed by atoms with Crippen molar-refractivity contribution in [1.82, 2.24) is 15.0 Å². The maximum Gasteiger partial charge on any atom is 0.240 e. The lowest BCUT2D eigenvalue weighted by molar-refractivity contribution is 0.579. The second kappa shape index (κ2) is 6.45. The summed E-state index contributed by atoms with van der Waals surface area (Å²) in [6.07, 6.45) is 0. The minimum Gasteiger partial charge on any atom is -0.318 e. The number of nitrogens with zero attached hydrogens (tertiary/aromatic N) is 1. The van der Waals surface area contributed by atoms with E-state index < -0.39 is 10.0 Å². The molecule has 2 N–H and O–H groups in total. The molecule has 2 rings (SSSR count). The average molecular weight is 311 g/mol. The lowest BCUT2D eigenvalue weighted by Gasteiger charge is -2.07. The molecule has 2 aromatic rings. The lowest BCUT2D eigenvalue weighted by atomic mass is 10.2. The number of aryl methyl sites for hydroxylation is 1. The van der Waals surface area contributed by atoms with Crippen LogP contribution in [0.3, 0.4) is 0 Å². The molecule has 5 nitrogen and oxygen atoms in total. The summed E-state index contributed by atoms with van der Waals surface area (Å²) in [6, 6.07) is 6.84. The molecule has 0 unspecified atom stereocenters. The van der Waals surface area contributed by atoms with E-state index in [1.165, 1.54) is 11.3 Å². The summed E-state index contributed by atoms with van der Waals surface area (Å²) in [7, 11) is -1.69. The summed E-state index contributed by atoms with van der Waals surface area (Å²) < 4.78 is 26.8. The third-order valence-corrected chi connectivity index (χ3v) is 5.15. The summed E-state index contributed by atoms with van der Waals surface area (Å²) in [5.41, 5.74) is 1.75. The van der Waals surface area contributed by atoms with Crippen molar-refractivity contribution in [2.24, 2.45) is 0 Å². The quantitative estimate of drug-likeness (QED) is 0.795. The first-order valence-corrected chi connectivity index (χ1v) is 8.56. The molecular formula is C13H17N3O2S2. The van der Waals surface area contributed by atoms with Gasteiger partial charge in [-0.1, -0.05) is 12.1 Å². The molecule has 0 radical (unpaired) electrons. The topological polar surface area (TPSA) is 71.1 Å². The minimum atomic E-state index is -3.47.